The number of aryl methyl sites for hydroxylation is 2. The van der Waals surface area contributed by atoms with E-state index in [1.165, 1.54) is 0 Å². The second-order valence-corrected chi connectivity index (χ2v) is 7.53. The van der Waals surface area contributed by atoms with E-state index in [1.807, 2.05) is 50.2 Å². The highest BCUT2D eigenvalue weighted by Gasteiger charge is 2.12. The molecular weight excluding hydrogens is 322 g/mol. The quantitative estimate of drug-likeness (QED) is 0.744. The van der Waals surface area contributed by atoms with Crippen LogP contribution >= 0.6 is 0 Å². The van der Waals surface area contributed by atoms with Crippen LogP contribution in [-0.2, 0) is 15.8 Å². The van der Waals surface area contributed by atoms with Crippen molar-refractivity contribution in [2.75, 3.05) is 4.72 Å². The number of anilines is 1. The van der Waals surface area contributed by atoms with Crippen molar-refractivity contribution in [3.63, 3.8) is 0 Å². The normalized spacial score (nSPS) is 11.4. The van der Waals surface area contributed by atoms with E-state index in [4.69, 9.17) is 0 Å². The predicted octanol–water partition coefficient (Wildman–Crippen LogP) is 3.64. The summed E-state index contributed by atoms with van der Waals surface area (Å²) in [6, 6.07) is 14.7. The van der Waals surface area contributed by atoms with Crippen molar-refractivity contribution in [3.8, 4) is 11.3 Å². The maximum Gasteiger partial charge on any atom is 0.236 e. The molecule has 1 heterocycles. The number of rotatable bonds is 5. The molecule has 1 aromatic heterocycles. The van der Waals surface area contributed by atoms with Gasteiger partial charge in [-0.15, -0.1) is 0 Å². The van der Waals surface area contributed by atoms with Crippen LogP contribution in [0.15, 0.2) is 54.7 Å². The van der Waals surface area contributed by atoms with Gasteiger partial charge in [-0.25, -0.2) is 13.4 Å². The Balaban J connectivity index is 1.78. The summed E-state index contributed by atoms with van der Waals surface area (Å²) < 4.78 is 27.4. The molecule has 0 unspecified atom stereocenters. The second kappa shape index (κ2) is 6.49. The largest absolute Gasteiger partial charge is 0.342 e. The van der Waals surface area contributed by atoms with E-state index in [-0.39, 0.29) is 5.75 Å². The molecular formula is C18H19N3O2S. The standard InChI is InChI=1S/C18H19N3O2S/c1-13-6-8-15(9-7-13)12-24(22,23)21-17-5-3-4-16(10-17)18-11-19-14(2)20-18/h3-11,21H,12H2,1-2H3,(H,19,20). The molecule has 3 aromatic rings. The van der Waals surface area contributed by atoms with Gasteiger partial charge in [0.05, 0.1) is 17.6 Å². The number of hydrogen-bond acceptors (Lipinski definition) is 3. The number of hydrogen-bond donors (Lipinski definition) is 2. The third-order valence-electron chi connectivity index (χ3n) is 3.63. The van der Waals surface area contributed by atoms with Gasteiger partial charge in [-0.05, 0) is 31.5 Å². The van der Waals surface area contributed by atoms with Crippen LogP contribution in [0.25, 0.3) is 11.3 Å². The van der Waals surface area contributed by atoms with E-state index >= 15 is 0 Å². The van der Waals surface area contributed by atoms with Gasteiger partial charge in [0.15, 0.2) is 0 Å². The Morgan fingerprint density at radius 3 is 2.50 bits per heavy atom. The molecule has 6 heteroatoms. The monoisotopic (exact) mass is 341 g/mol. The smallest absolute Gasteiger partial charge is 0.236 e. The van der Waals surface area contributed by atoms with Gasteiger partial charge < -0.3 is 4.98 Å². The lowest BCUT2D eigenvalue weighted by molar-refractivity contribution is 0.600. The van der Waals surface area contributed by atoms with Gasteiger partial charge in [0, 0.05) is 11.3 Å². The van der Waals surface area contributed by atoms with Gasteiger partial charge in [0.1, 0.15) is 5.82 Å². The van der Waals surface area contributed by atoms with Crippen LogP contribution in [0.2, 0.25) is 0 Å². The average molecular weight is 341 g/mol. The summed E-state index contributed by atoms with van der Waals surface area (Å²) in [6.07, 6.45) is 1.73. The van der Waals surface area contributed by atoms with Crippen LogP contribution in [-0.4, -0.2) is 18.4 Å². The van der Waals surface area contributed by atoms with Crippen molar-refractivity contribution >= 4 is 15.7 Å². The van der Waals surface area contributed by atoms with Crippen molar-refractivity contribution in [2.24, 2.45) is 0 Å². The van der Waals surface area contributed by atoms with Crippen molar-refractivity contribution in [2.45, 2.75) is 19.6 Å². The summed E-state index contributed by atoms with van der Waals surface area (Å²) in [7, 11) is -3.47. The third kappa shape index (κ3) is 4.02. The number of H-pyrrole nitrogens is 1. The molecule has 2 aromatic carbocycles. The second-order valence-electron chi connectivity index (χ2n) is 5.81. The molecule has 3 rings (SSSR count). The maximum absolute atomic E-state index is 12.4. The Morgan fingerprint density at radius 1 is 1.08 bits per heavy atom. The molecule has 0 amide bonds. The van der Waals surface area contributed by atoms with Crippen LogP contribution in [0.3, 0.4) is 0 Å². The van der Waals surface area contributed by atoms with Crippen molar-refractivity contribution < 1.29 is 8.42 Å². The molecule has 0 aliphatic heterocycles. The fraction of sp³-hybridized carbons (Fsp3) is 0.167. The highest BCUT2D eigenvalue weighted by Crippen LogP contribution is 2.22. The van der Waals surface area contributed by atoms with Crippen LogP contribution in [0.1, 0.15) is 17.0 Å². The van der Waals surface area contributed by atoms with Gasteiger partial charge in [0.2, 0.25) is 10.0 Å². The SMILES string of the molecule is Cc1ccc(CS(=O)(=O)Nc2cccc(-c3cnc(C)[nH]3)c2)cc1. The number of benzene rings is 2. The minimum atomic E-state index is -3.47. The zero-order valence-electron chi connectivity index (χ0n) is 13.6. The molecule has 0 atom stereocenters. The summed E-state index contributed by atoms with van der Waals surface area (Å²) >= 11 is 0. The van der Waals surface area contributed by atoms with Crippen LogP contribution in [0, 0.1) is 13.8 Å². The molecule has 2 N–H and O–H groups in total. The molecule has 24 heavy (non-hydrogen) atoms. The third-order valence-corrected chi connectivity index (χ3v) is 4.89. The first-order chi connectivity index (χ1) is 11.4. The number of nitrogens with zero attached hydrogens (tertiary/aromatic N) is 1. The van der Waals surface area contributed by atoms with Crippen LogP contribution in [0.5, 0.6) is 0 Å². The Bertz CT molecular complexity index is 944. The molecule has 0 spiro atoms. The summed E-state index contributed by atoms with van der Waals surface area (Å²) in [6.45, 7) is 3.84. The van der Waals surface area contributed by atoms with E-state index in [0.717, 1.165) is 28.2 Å². The fourth-order valence-electron chi connectivity index (χ4n) is 2.44. The molecule has 0 aliphatic carbocycles. The van der Waals surface area contributed by atoms with E-state index in [2.05, 4.69) is 14.7 Å². The molecule has 0 radical (unpaired) electrons. The molecule has 0 fully saturated rings. The van der Waals surface area contributed by atoms with Crippen molar-refractivity contribution in [1.29, 1.82) is 0 Å². The molecule has 0 saturated heterocycles. The molecule has 0 bridgehead atoms. The van der Waals surface area contributed by atoms with Gasteiger partial charge in [-0.3, -0.25) is 4.72 Å². The lowest BCUT2D eigenvalue weighted by atomic mass is 10.1. The lowest BCUT2D eigenvalue weighted by Gasteiger charge is -2.09. The first-order valence-corrected chi connectivity index (χ1v) is 9.25. The van der Waals surface area contributed by atoms with Crippen LogP contribution < -0.4 is 4.72 Å². The number of aromatic amines is 1. The Labute approximate surface area is 141 Å². The molecule has 0 saturated carbocycles. The fourth-order valence-corrected chi connectivity index (χ4v) is 3.63. The summed E-state index contributed by atoms with van der Waals surface area (Å²) in [5.41, 5.74) is 4.13. The first kappa shape index (κ1) is 16.3. The number of aromatic nitrogens is 2. The van der Waals surface area contributed by atoms with Crippen molar-refractivity contribution in [3.05, 3.63) is 71.7 Å². The van der Waals surface area contributed by atoms with Gasteiger partial charge in [0.25, 0.3) is 0 Å². The highest BCUT2D eigenvalue weighted by molar-refractivity contribution is 7.91. The number of nitrogens with one attached hydrogen (secondary N) is 2. The Hall–Kier alpha value is -2.60. The molecule has 5 nitrogen and oxygen atoms in total. The number of sulfonamides is 1. The van der Waals surface area contributed by atoms with Crippen LogP contribution in [0.4, 0.5) is 5.69 Å². The highest BCUT2D eigenvalue weighted by atomic mass is 32.2. The molecule has 0 aliphatic rings. The zero-order valence-corrected chi connectivity index (χ0v) is 14.4. The van der Waals surface area contributed by atoms with Crippen molar-refractivity contribution in [1.82, 2.24) is 9.97 Å². The zero-order chi connectivity index (χ0) is 17.2. The predicted molar refractivity (Wildman–Crippen MR) is 96.2 cm³/mol. The Kier molecular flexibility index (Phi) is 4.40. The summed E-state index contributed by atoms with van der Waals surface area (Å²) in [5.74, 6) is 0.760. The Morgan fingerprint density at radius 2 is 1.83 bits per heavy atom. The van der Waals surface area contributed by atoms with E-state index in [1.54, 1.807) is 18.3 Å². The van der Waals surface area contributed by atoms with E-state index in [0.29, 0.717) is 5.69 Å². The van der Waals surface area contributed by atoms with Gasteiger partial charge in [-0.1, -0.05) is 42.0 Å². The van der Waals surface area contributed by atoms with E-state index < -0.39 is 10.0 Å². The minimum Gasteiger partial charge on any atom is -0.342 e. The first-order valence-electron chi connectivity index (χ1n) is 7.59. The lowest BCUT2D eigenvalue weighted by Crippen LogP contribution is -2.15. The maximum atomic E-state index is 12.4. The van der Waals surface area contributed by atoms with Gasteiger partial charge >= 0.3 is 0 Å². The summed E-state index contributed by atoms with van der Waals surface area (Å²) in [4.78, 5) is 7.31. The number of imidazole rings is 1. The molecule has 124 valence electrons. The van der Waals surface area contributed by atoms with E-state index in [9.17, 15) is 8.42 Å². The average Bonchev–Trinajstić information content (AvgIpc) is 2.96. The topological polar surface area (TPSA) is 74.8 Å². The minimum absolute atomic E-state index is 0.0549. The summed E-state index contributed by atoms with van der Waals surface area (Å²) in [5, 5.41) is 0. The van der Waals surface area contributed by atoms with Gasteiger partial charge in [-0.2, -0.15) is 0 Å².